The molecule has 124 valence electrons. The Hall–Kier alpha value is -1.24. The lowest BCUT2D eigenvalue weighted by molar-refractivity contribution is -0.137. The van der Waals surface area contributed by atoms with Gasteiger partial charge in [-0.1, -0.05) is 12.1 Å². The lowest BCUT2D eigenvalue weighted by atomic mass is 10.0. The quantitative estimate of drug-likeness (QED) is 0.854. The van der Waals surface area contributed by atoms with Gasteiger partial charge in [0.15, 0.2) is 0 Å². The molecule has 2 rings (SSSR count). The van der Waals surface area contributed by atoms with Crippen molar-refractivity contribution >= 4 is 12.4 Å². The molecule has 0 amide bonds. The molecule has 22 heavy (non-hydrogen) atoms. The van der Waals surface area contributed by atoms with Gasteiger partial charge in [0.05, 0.1) is 18.7 Å². The maximum atomic E-state index is 12.8. The summed E-state index contributed by atoms with van der Waals surface area (Å²) in [6.07, 6.45) is -2.62. The van der Waals surface area contributed by atoms with Crippen LogP contribution in [-0.2, 0) is 6.18 Å². The summed E-state index contributed by atoms with van der Waals surface area (Å²) in [5.41, 5.74) is 0.00798. The van der Waals surface area contributed by atoms with Gasteiger partial charge < -0.3 is 10.1 Å². The minimum atomic E-state index is -4.37. The third-order valence-corrected chi connectivity index (χ3v) is 3.65. The first-order valence-corrected chi connectivity index (χ1v) is 6.80. The molecule has 0 radical (unpaired) electrons. The van der Waals surface area contributed by atoms with E-state index in [4.69, 9.17) is 4.74 Å². The highest BCUT2D eigenvalue weighted by molar-refractivity contribution is 5.85. The second-order valence-electron chi connectivity index (χ2n) is 4.92. The van der Waals surface area contributed by atoms with E-state index in [9.17, 15) is 13.2 Å². The number of hydrogen-bond donors (Lipinski definition) is 1. The number of alkyl halides is 3. The summed E-state index contributed by atoms with van der Waals surface area (Å²) in [5, 5.41) is 3.25. The summed E-state index contributed by atoms with van der Waals surface area (Å²) >= 11 is 0. The molecule has 1 atom stereocenters. The van der Waals surface area contributed by atoms with E-state index in [1.165, 1.54) is 13.2 Å². The highest BCUT2D eigenvalue weighted by Gasteiger charge is 2.32. The van der Waals surface area contributed by atoms with Gasteiger partial charge in [-0.25, -0.2) is 0 Å². The molecule has 0 unspecified atom stereocenters. The molecule has 0 bridgehead atoms. The van der Waals surface area contributed by atoms with Crippen molar-refractivity contribution in [2.45, 2.75) is 12.2 Å². The third-order valence-electron chi connectivity index (χ3n) is 3.65. The van der Waals surface area contributed by atoms with Gasteiger partial charge in [0.25, 0.3) is 0 Å². The zero-order chi connectivity index (χ0) is 15.5. The second kappa shape index (κ2) is 7.85. The first-order chi connectivity index (χ1) is 9.97. The molecule has 0 aliphatic carbocycles. The lowest BCUT2D eigenvalue weighted by Gasteiger charge is -2.34. The van der Waals surface area contributed by atoms with Crippen molar-refractivity contribution in [1.82, 2.24) is 10.2 Å². The van der Waals surface area contributed by atoms with E-state index in [1.54, 1.807) is 6.08 Å². The SMILES string of the molecule is C=C[C@H](c1ccc(C(F)(F)F)cc1OC)N1CCNCC1.Cl. The van der Waals surface area contributed by atoms with Gasteiger partial charge >= 0.3 is 6.18 Å². The van der Waals surface area contributed by atoms with Crippen molar-refractivity contribution in [1.29, 1.82) is 0 Å². The summed E-state index contributed by atoms with van der Waals surface area (Å²) in [6, 6.07) is 3.48. The van der Waals surface area contributed by atoms with Crippen LogP contribution in [0, 0.1) is 0 Å². The highest BCUT2D eigenvalue weighted by atomic mass is 35.5. The van der Waals surface area contributed by atoms with E-state index >= 15 is 0 Å². The molecule has 0 spiro atoms. The van der Waals surface area contributed by atoms with E-state index in [2.05, 4.69) is 16.8 Å². The van der Waals surface area contributed by atoms with Crippen molar-refractivity contribution in [3.63, 3.8) is 0 Å². The fourth-order valence-electron chi connectivity index (χ4n) is 2.56. The smallest absolute Gasteiger partial charge is 0.416 e. The molecular weight excluding hydrogens is 317 g/mol. The van der Waals surface area contributed by atoms with Crippen LogP contribution in [0.25, 0.3) is 0 Å². The average Bonchev–Trinajstić information content (AvgIpc) is 2.48. The molecular formula is C15H20ClF3N2O. The van der Waals surface area contributed by atoms with Crippen LogP contribution >= 0.6 is 12.4 Å². The summed E-state index contributed by atoms with van der Waals surface area (Å²) in [7, 11) is 1.39. The van der Waals surface area contributed by atoms with Gasteiger partial charge in [0.1, 0.15) is 5.75 Å². The fraction of sp³-hybridized carbons (Fsp3) is 0.467. The van der Waals surface area contributed by atoms with Crippen molar-refractivity contribution < 1.29 is 17.9 Å². The number of rotatable bonds is 4. The Morgan fingerprint density at radius 3 is 2.45 bits per heavy atom. The molecule has 7 heteroatoms. The van der Waals surface area contributed by atoms with Crippen LogP contribution in [0.1, 0.15) is 17.2 Å². The van der Waals surface area contributed by atoms with Gasteiger partial charge in [-0.05, 0) is 12.1 Å². The van der Waals surface area contributed by atoms with E-state index in [0.29, 0.717) is 5.56 Å². The summed E-state index contributed by atoms with van der Waals surface area (Å²) in [4.78, 5) is 2.18. The Bertz CT molecular complexity index is 502. The maximum Gasteiger partial charge on any atom is 0.416 e. The van der Waals surface area contributed by atoms with Crippen molar-refractivity contribution in [2.75, 3.05) is 33.3 Å². The molecule has 1 heterocycles. The van der Waals surface area contributed by atoms with Crippen LogP contribution in [0.15, 0.2) is 30.9 Å². The monoisotopic (exact) mass is 336 g/mol. The average molecular weight is 337 g/mol. The van der Waals surface area contributed by atoms with Crippen LogP contribution < -0.4 is 10.1 Å². The van der Waals surface area contributed by atoms with Gasteiger partial charge in [-0.15, -0.1) is 19.0 Å². The fourth-order valence-corrected chi connectivity index (χ4v) is 2.56. The Kier molecular flexibility index (Phi) is 6.71. The van der Waals surface area contributed by atoms with E-state index in [0.717, 1.165) is 38.3 Å². The molecule has 1 fully saturated rings. The van der Waals surface area contributed by atoms with Crippen LogP contribution in [0.3, 0.4) is 0 Å². The summed E-state index contributed by atoms with van der Waals surface area (Å²) in [6.45, 7) is 7.17. The topological polar surface area (TPSA) is 24.5 Å². The van der Waals surface area contributed by atoms with Crippen LogP contribution in [0.4, 0.5) is 13.2 Å². The molecule has 1 aromatic carbocycles. The van der Waals surface area contributed by atoms with Gasteiger partial charge in [-0.3, -0.25) is 4.90 Å². The molecule has 1 saturated heterocycles. The largest absolute Gasteiger partial charge is 0.496 e. The minimum absolute atomic E-state index is 0. The first kappa shape index (κ1) is 18.8. The maximum absolute atomic E-state index is 12.8. The molecule has 0 aromatic heterocycles. The normalized spacial score (nSPS) is 17.5. The van der Waals surface area contributed by atoms with Crippen LogP contribution in [0.5, 0.6) is 5.75 Å². The van der Waals surface area contributed by atoms with Crippen molar-refractivity contribution in [3.05, 3.63) is 42.0 Å². The molecule has 1 aliphatic heterocycles. The summed E-state index contributed by atoms with van der Waals surface area (Å²) < 4.78 is 43.5. The molecule has 1 aliphatic rings. The first-order valence-electron chi connectivity index (χ1n) is 6.80. The van der Waals surface area contributed by atoms with Gasteiger partial charge in [0, 0.05) is 31.7 Å². The number of ether oxygens (including phenoxy) is 1. The number of benzene rings is 1. The molecule has 3 nitrogen and oxygen atoms in total. The second-order valence-corrected chi connectivity index (χ2v) is 4.92. The highest BCUT2D eigenvalue weighted by Crippen LogP contribution is 2.36. The van der Waals surface area contributed by atoms with Crippen molar-refractivity contribution in [3.8, 4) is 5.75 Å². The van der Waals surface area contributed by atoms with Gasteiger partial charge in [0.2, 0.25) is 0 Å². The number of hydrogen-bond acceptors (Lipinski definition) is 3. The molecule has 0 saturated carbocycles. The predicted molar refractivity (Wildman–Crippen MR) is 82.6 cm³/mol. The lowest BCUT2D eigenvalue weighted by Crippen LogP contribution is -2.44. The molecule has 1 aromatic rings. The predicted octanol–water partition coefficient (Wildman–Crippen LogP) is 3.27. The van der Waals surface area contributed by atoms with E-state index in [-0.39, 0.29) is 24.2 Å². The Labute approximate surface area is 134 Å². The van der Waals surface area contributed by atoms with Crippen LogP contribution in [0.2, 0.25) is 0 Å². The summed E-state index contributed by atoms with van der Waals surface area (Å²) in [5.74, 6) is 0.244. The standard InChI is InChI=1S/C15H19F3N2O.ClH/c1-3-13(20-8-6-19-7-9-20)12-5-4-11(15(16,17)18)10-14(12)21-2;/h3-5,10,13,19H,1,6-9H2,2H3;1H/t13-;/m1./s1. The minimum Gasteiger partial charge on any atom is -0.496 e. The number of methoxy groups -OCH3 is 1. The zero-order valence-electron chi connectivity index (χ0n) is 12.3. The Morgan fingerprint density at radius 2 is 1.95 bits per heavy atom. The number of nitrogens with zero attached hydrogens (tertiary/aromatic N) is 1. The number of halogens is 4. The number of piperazine rings is 1. The Balaban J connectivity index is 0.00000242. The molecule has 1 N–H and O–H groups in total. The van der Waals surface area contributed by atoms with E-state index < -0.39 is 11.7 Å². The van der Waals surface area contributed by atoms with E-state index in [1.807, 2.05) is 0 Å². The number of nitrogens with one attached hydrogen (secondary N) is 1. The van der Waals surface area contributed by atoms with Gasteiger partial charge in [-0.2, -0.15) is 13.2 Å². The van der Waals surface area contributed by atoms with Crippen LogP contribution in [-0.4, -0.2) is 38.2 Å². The Morgan fingerprint density at radius 1 is 1.32 bits per heavy atom. The third kappa shape index (κ3) is 4.15. The van der Waals surface area contributed by atoms with Crippen molar-refractivity contribution in [2.24, 2.45) is 0 Å². The zero-order valence-corrected chi connectivity index (χ0v) is 13.1.